The first-order chi connectivity index (χ1) is 12.6. The van der Waals surface area contributed by atoms with E-state index in [0.717, 1.165) is 12.2 Å². The smallest absolute Gasteiger partial charge is 0.290 e. The molecule has 7 heteroatoms. The second kappa shape index (κ2) is 10.4. The van der Waals surface area contributed by atoms with Gasteiger partial charge in [-0.1, -0.05) is 12.1 Å². The number of benzene rings is 1. The molecule has 1 aromatic carbocycles. The van der Waals surface area contributed by atoms with Gasteiger partial charge in [0.1, 0.15) is 0 Å². The molecule has 7 nitrogen and oxygen atoms in total. The van der Waals surface area contributed by atoms with Crippen LogP contribution in [0.2, 0.25) is 0 Å². The summed E-state index contributed by atoms with van der Waals surface area (Å²) >= 11 is 0. The number of nitrogens with zero attached hydrogens (tertiary/aromatic N) is 3. The molecule has 2 heterocycles. The molecule has 26 heavy (non-hydrogen) atoms. The lowest BCUT2D eigenvalue weighted by Gasteiger charge is -2.16. The van der Waals surface area contributed by atoms with Crippen LogP contribution in [-0.4, -0.2) is 45.3 Å². The summed E-state index contributed by atoms with van der Waals surface area (Å²) in [6.45, 7) is 5.07. The first kappa shape index (κ1) is 19.7. The molecule has 1 aromatic heterocycles. The lowest BCUT2D eigenvalue weighted by molar-refractivity contribution is -0.123. The summed E-state index contributed by atoms with van der Waals surface area (Å²) in [5, 5.41) is 14.1. The van der Waals surface area contributed by atoms with E-state index >= 15 is 0 Å². The SMILES string of the molecule is CC(CC(=O)Nc1cccc(CN2CCCC2)c1)n1cccn1.O=CO. The summed E-state index contributed by atoms with van der Waals surface area (Å²) in [4.78, 5) is 23.0. The van der Waals surface area contributed by atoms with Gasteiger partial charge in [-0.2, -0.15) is 5.10 Å². The molecule has 0 bridgehead atoms. The summed E-state index contributed by atoms with van der Waals surface area (Å²) in [6.07, 6.45) is 6.62. The molecule has 2 N–H and O–H groups in total. The Balaban J connectivity index is 0.000000758. The molecule has 1 fully saturated rings. The molecule has 3 rings (SSSR count). The van der Waals surface area contributed by atoms with Crippen molar-refractivity contribution >= 4 is 18.1 Å². The zero-order valence-corrected chi connectivity index (χ0v) is 15.0. The molecule has 0 aliphatic carbocycles. The maximum absolute atomic E-state index is 12.2. The molecule has 140 valence electrons. The van der Waals surface area contributed by atoms with E-state index in [1.54, 1.807) is 6.20 Å². The predicted molar refractivity (Wildman–Crippen MR) is 99.8 cm³/mol. The van der Waals surface area contributed by atoms with Gasteiger partial charge in [0.25, 0.3) is 6.47 Å². The Hall–Kier alpha value is -2.67. The van der Waals surface area contributed by atoms with E-state index in [4.69, 9.17) is 9.90 Å². The number of carbonyl (C=O) groups excluding carboxylic acids is 1. The van der Waals surface area contributed by atoms with Gasteiger partial charge in [-0.15, -0.1) is 0 Å². The predicted octanol–water partition coefficient (Wildman–Crippen LogP) is 2.77. The Morgan fingerprint density at radius 2 is 2.08 bits per heavy atom. The molecule has 1 amide bonds. The van der Waals surface area contributed by atoms with Crippen molar-refractivity contribution in [3.63, 3.8) is 0 Å². The van der Waals surface area contributed by atoms with Crippen molar-refractivity contribution in [1.29, 1.82) is 0 Å². The van der Waals surface area contributed by atoms with Crippen LogP contribution in [0.15, 0.2) is 42.7 Å². The Bertz CT molecular complexity index is 682. The molecule has 1 unspecified atom stereocenters. The second-order valence-electron chi connectivity index (χ2n) is 6.38. The van der Waals surface area contributed by atoms with Crippen molar-refractivity contribution in [3.8, 4) is 0 Å². The molecule has 2 aromatic rings. The van der Waals surface area contributed by atoms with Gasteiger partial charge in [0, 0.05) is 31.0 Å². The summed E-state index contributed by atoms with van der Waals surface area (Å²) in [6, 6.07) is 10.1. The fraction of sp³-hybridized carbons (Fsp3) is 0.421. The van der Waals surface area contributed by atoms with Crippen LogP contribution in [0.25, 0.3) is 0 Å². The molecular weight excluding hydrogens is 332 g/mol. The molecule has 0 saturated carbocycles. The molecular formula is C19H26N4O3. The van der Waals surface area contributed by atoms with E-state index < -0.39 is 0 Å². The quantitative estimate of drug-likeness (QED) is 0.775. The van der Waals surface area contributed by atoms with Crippen LogP contribution in [0.5, 0.6) is 0 Å². The van der Waals surface area contributed by atoms with Crippen LogP contribution >= 0.6 is 0 Å². The average Bonchev–Trinajstić information content (AvgIpc) is 3.29. The number of rotatable bonds is 6. The number of hydrogen-bond acceptors (Lipinski definition) is 4. The van der Waals surface area contributed by atoms with Crippen molar-refractivity contribution in [2.24, 2.45) is 0 Å². The third-order valence-corrected chi connectivity index (χ3v) is 4.27. The van der Waals surface area contributed by atoms with Crippen molar-refractivity contribution in [1.82, 2.24) is 14.7 Å². The average molecular weight is 358 g/mol. The highest BCUT2D eigenvalue weighted by Crippen LogP contribution is 2.17. The van der Waals surface area contributed by atoms with Gasteiger partial charge in [0.15, 0.2) is 0 Å². The summed E-state index contributed by atoms with van der Waals surface area (Å²) in [5.41, 5.74) is 2.13. The van der Waals surface area contributed by atoms with Crippen LogP contribution in [0.3, 0.4) is 0 Å². The molecule has 1 saturated heterocycles. The van der Waals surface area contributed by atoms with Crippen LogP contribution in [-0.2, 0) is 16.1 Å². The lowest BCUT2D eigenvalue weighted by atomic mass is 10.1. The van der Waals surface area contributed by atoms with Crippen LogP contribution in [0, 0.1) is 0 Å². The minimum atomic E-state index is -0.250. The highest BCUT2D eigenvalue weighted by Gasteiger charge is 2.13. The molecule has 0 spiro atoms. The van der Waals surface area contributed by atoms with Gasteiger partial charge >= 0.3 is 0 Å². The second-order valence-corrected chi connectivity index (χ2v) is 6.38. The maximum Gasteiger partial charge on any atom is 0.290 e. The Morgan fingerprint density at radius 3 is 2.73 bits per heavy atom. The van der Waals surface area contributed by atoms with E-state index in [2.05, 4.69) is 27.4 Å². The van der Waals surface area contributed by atoms with E-state index in [1.807, 2.05) is 36.0 Å². The molecule has 0 radical (unpaired) electrons. The zero-order valence-electron chi connectivity index (χ0n) is 15.0. The minimum Gasteiger partial charge on any atom is -0.483 e. The van der Waals surface area contributed by atoms with Crippen LogP contribution < -0.4 is 5.32 Å². The summed E-state index contributed by atoms with van der Waals surface area (Å²) < 4.78 is 1.81. The van der Waals surface area contributed by atoms with E-state index in [0.29, 0.717) is 6.42 Å². The number of hydrogen-bond donors (Lipinski definition) is 2. The van der Waals surface area contributed by atoms with E-state index in [1.165, 1.54) is 31.5 Å². The maximum atomic E-state index is 12.2. The van der Waals surface area contributed by atoms with Gasteiger partial charge in [0.05, 0.1) is 6.04 Å². The number of nitrogens with one attached hydrogen (secondary N) is 1. The van der Waals surface area contributed by atoms with Crippen molar-refractivity contribution in [3.05, 3.63) is 48.3 Å². The van der Waals surface area contributed by atoms with Gasteiger partial charge in [-0.05, 0) is 56.6 Å². The van der Waals surface area contributed by atoms with Crippen LogP contribution in [0.1, 0.15) is 37.8 Å². The van der Waals surface area contributed by atoms with Gasteiger partial charge in [0.2, 0.25) is 5.91 Å². The first-order valence-electron chi connectivity index (χ1n) is 8.80. The van der Waals surface area contributed by atoms with Gasteiger partial charge in [-0.3, -0.25) is 19.2 Å². The Labute approximate surface area is 153 Å². The van der Waals surface area contributed by atoms with Gasteiger partial charge in [-0.25, -0.2) is 0 Å². The molecule has 1 aliphatic rings. The molecule has 1 aliphatic heterocycles. The van der Waals surface area contributed by atoms with E-state index in [9.17, 15) is 4.79 Å². The van der Waals surface area contributed by atoms with Crippen molar-refractivity contribution in [2.75, 3.05) is 18.4 Å². The van der Waals surface area contributed by atoms with E-state index in [-0.39, 0.29) is 18.4 Å². The standard InChI is InChI=1S/C18H24N4O.CH2O2/c1-15(22-11-5-8-19-22)12-18(23)20-17-7-4-6-16(13-17)14-21-9-2-3-10-21;2-1-3/h4-8,11,13,15H,2-3,9-10,12,14H2,1H3,(H,20,23);1H,(H,2,3). The number of aromatic nitrogens is 2. The fourth-order valence-corrected chi connectivity index (χ4v) is 3.06. The van der Waals surface area contributed by atoms with Crippen LogP contribution in [0.4, 0.5) is 5.69 Å². The number of amides is 1. The monoisotopic (exact) mass is 358 g/mol. The number of likely N-dealkylation sites (tertiary alicyclic amines) is 1. The normalized spacial score (nSPS) is 15.0. The van der Waals surface area contributed by atoms with Gasteiger partial charge < -0.3 is 10.4 Å². The highest BCUT2D eigenvalue weighted by atomic mass is 16.3. The largest absolute Gasteiger partial charge is 0.483 e. The first-order valence-corrected chi connectivity index (χ1v) is 8.80. The topological polar surface area (TPSA) is 87.5 Å². The van der Waals surface area contributed by atoms with Crippen molar-refractivity contribution < 1.29 is 14.7 Å². The number of anilines is 1. The number of carboxylic acid groups (broad SMARTS) is 1. The minimum absolute atomic E-state index is 0.0197. The molecule has 1 atom stereocenters. The Kier molecular flexibility index (Phi) is 7.82. The summed E-state index contributed by atoms with van der Waals surface area (Å²) in [5.74, 6) is 0.0197. The number of carbonyl (C=O) groups is 2. The highest BCUT2D eigenvalue weighted by molar-refractivity contribution is 5.91. The third-order valence-electron chi connectivity index (χ3n) is 4.27. The summed E-state index contributed by atoms with van der Waals surface area (Å²) in [7, 11) is 0. The lowest BCUT2D eigenvalue weighted by Crippen LogP contribution is -2.19. The Morgan fingerprint density at radius 1 is 1.35 bits per heavy atom. The zero-order chi connectivity index (χ0) is 18.8. The van der Waals surface area contributed by atoms with Crippen molar-refractivity contribution in [2.45, 2.75) is 38.8 Å². The third kappa shape index (κ3) is 6.33. The fourth-order valence-electron chi connectivity index (χ4n) is 3.06.